The summed E-state index contributed by atoms with van der Waals surface area (Å²) in [4.78, 5) is 0.273. The maximum atomic E-state index is 12.0. The normalized spacial score (nSPS) is 12.7. The van der Waals surface area contributed by atoms with Gasteiger partial charge in [0.1, 0.15) is 0 Å². The van der Waals surface area contributed by atoms with Gasteiger partial charge >= 0.3 is 0 Å². The molecule has 0 unspecified atom stereocenters. The van der Waals surface area contributed by atoms with Crippen molar-refractivity contribution < 1.29 is 8.42 Å². The van der Waals surface area contributed by atoms with Gasteiger partial charge in [0.15, 0.2) is 0 Å². The Morgan fingerprint density at radius 2 is 1.75 bits per heavy atom. The second kappa shape index (κ2) is 6.56. The standard InChI is InChI=1S/C14H25N3O2S/c1-11(2)17-20(18,19)13-7-5-12(6-8-13)16-10-14(3,4)9-15/h5-8,11,16-17H,9-10,15H2,1-4H3. The molecule has 0 saturated heterocycles. The highest BCUT2D eigenvalue weighted by Gasteiger charge is 2.16. The topological polar surface area (TPSA) is 84.2 Å². The zero-order chi connectivity index (χ0) is 15.4. The van der Waals surface area contributed by atoms with E-state index in [1.807, 2.05) is 0 Å². The van der Waals surface area contributed by atoms with Crippen LogP contribution in [0.3, 0.4) is 0 Å². The molecule has 0 fully saturated rings. The van der Waals surface area contributed by atoms with Gasteiger partial charge in [-0.2, -0.15) is 0 Å². The zero-order valence-electron chi connectivity index (χ0n) is 12.6. The van der Waals surface area contributed by atoms with Gasteiger partial charge < -0.3 is 11.1 Å². The molecule has 0 atom stereocenters. The van der Waals surface area contributed by atoms with Gasteiger partial charge in [0.25, 0.3) is 0 Å². The number of nitrogens with two attached hydrogens (primary N) is 1. The lowest BCUT2D eigenvalue weighted by Gasteiger charge is -2.23. The van der Waals surface area contributed by atoms with E-state index < -0.39 is 10.0 Å². The van der Waals surface area contributed by atoms with Gasteiger partial charge in [-0.25, -0.2) is 13.1 Å². The minimum Gasteiger partial charge on any atom is -0.384 e. The maximum Gasteiger partial charge on any atom is 0.240 e. The summed E-state index contributed by atoms with van der Waals surface area (Å²) in [5.41, 5.74) is 6.56. The second-order valence-electron chi connectivity index (χ2n) is 6.02. The van der Waals surface area contributed by atoms with Gasteiger partial charge in [0.05, 0.1) is 4.90 Å². The van der Waals surface area contributed by atoms with Gasteiger partial charge in [-0.1, -0.05) is 13.8 Å². The van der Waals surface area contributed by atoms with Gasteiger partial charge in [0, 0.05) is 18.3 Å². The molecule has 0 radical (unpaired) electrons. The molecule has 5 nitrogen and oxygen atoms in total. The SMILES string of the molecule is CC(C)NS(=O)(=O)c1ccc(NCC(C)(C)CN)cc1. The van der Waals surface area contributed by atoms with Crippen molar-refractivity contribution >= 4 is 15.7 Å². The van der Waals surface area contributed by atoms with Crippen LogP contribution in [0.4, 0.5) is 5.69 Å². The van der Waals surface area contributed by atoms with Gasteiger partial charge in [-0.15, -0.1) is 0 Å². The highest BCUT2D eigenvalue weighted by Crippen LogP contribution is 2.17. The van der Waals surface area contributed by atoms with Crippen molar-refractivity contribution in [3.05, 3.63) is 24.3 Å². The highest BCUT2D eigenvalue weighted by atomic mass is 32.2. The van der Waals surface area contributed by atoms with Crippen LogP contribution in [0.15, 0.2) is 29.2 Å². The van der Waals surface area contributed by atoms with E-state index in [1.165, 1.54) is 0 Å². The third-order valence-electron chi connectivity index (χ3n) is 2.88. The summed E-state index contributed by atoms with van der Waals surface area (Å²) >= 11 is 0. The molecule has 6 heteroatoms. The first-order valence-electron chi connectivity index (χ1n) is 6.73. The van der Waals surface area contributed by atoms with Crippen LogP contribution in [0.1, 0.15) is 27.7 Å². The Kier molecular flexibility index (Phi) is 5.56. The number of sulfonamides is 1. The maximum absolute atomic E-state index is 12.0. The molecule has 1 rings (SSSR count). The summed E-state index contributed by atoms with van der Waals surface area (Å²) in [7, 11) is -3.42. The Bertz CT molecular complexity index is 522. The molecule has 0 aromatic heterocycles. The number of rotatable bonds is 7. The van der Waals surface area contributed by atoms with Crippen LogP contribution in [-0.2, 0) is 10.0 Å². The number of benzene rings is 1. The van der Waals surface area contributed by atoms with Crippen LogP contribution in [0.5, 0.6) is 0 Å². The first-order valence-corrected chi connectivity index (χ1v) is 8.21. The number of nitrogens with one attached hydrogen (secondary N) is 2. The average Bonchev–Trinajstić information content (AvgIpc) is 2.35. The van der Waals surface area contributed by atoms with E-state index in [2.05, 4.69) is 23.9 Å². The Hall–Kier alpha value is -1.11. The van der Waals surface area contributed by atoms with Crippen LogP contribution in [-0.4, -0.2) is 27.5 Å². The smallest absolute Gasteiger partial charge is 0.240 e. The Balaban J connectivity index is 2.75. The van der Waals surface area contributed by atoms with Gasteiger partial charge in [-0.3, -0.25) is 0 Å². The molecule has 0 aliphatic heterocycles. The van der Waals surface area contributed by atoms with Crippen LogP contribution in [0, 0.1) is 5.41 Å². The second-order valence-corrected chi connectivity index (χ2v) is 7.74. The molecule has 4 N–H and O–H groups in total. The number of anilines is 1. The molecule has 114 valence electrons. The summed E-state index contributed by atoms with van der Waals surface area (Å²) in [5.74, 6) is 0. The summed E-state index contributed by atoms with van der Waals surface area (Å²) in [6.07, 6.45) is 0. The largest absolute Gasteiger partial charge is 0.384 e. The highest BCUT2D eigenvalue weighted by molar-refractivity contribution is 7.89. The molecular formula is C14H25N3O2S. The van der Waals surface area contributed by atoms with E-state index in [1.54, 1.807) is 38.1 Å². The van der Waals surface area contributed by atoms with Crippen LogP contribution < -0.4 is 15.8 Å². The molecule has 0 heterocycles. The third-order valence-corrected chi connectivity index (χ3v) is 4.55. The quantitative estimate of drug-likeness (QED) is 0.716. The molecule has 1 aromatic carbocycles. The van der Waals surface area contributed by atoms with Gasteiger partial charge in [-0.05, 0) is 50.1 Å². The minimum absolute atomic E-state index is 0.00391. The molecule has 0 aliphatic carbocycles. The molecule has 1 aromatic rings. The van der Waals surface area contributed by atoms with Crippen LogP contribution in [0.25, 0.3) is 0 Å². The predicted octanol–water partition coefficient (Wildman–Crippen LogP) is 1.77. The summed E-state index contributed by atoms with van der Waals surface area (Å²) in [6, 6.07) is 6.61. The molecule has 0 spiro atoms. The monoisotopic (exact) mass is 299 g/mol. The fourth-order valence-electron chi connectivity index (χ4n) is 1.54. The van der Waals surface area contributed by atoms with E-state index in [9.17, 15) is 8.42 Å². The van der Waals surface area contributed by atoms with Gasteiger partial charge in [0.2, 0.25) is 10.0 Å². The van der Waals surface area contributed by atoms with Crippen molar-refractivity contribution in [2.75, 3.05) is 18.4 Å². The minimum atomic E-state index is -3.42. The fourth-order valence-corrected chi connectivity index (χ4v) is 2.79. The van der Waals surface area contributed by atoms with Crippen molar-refractivity contribution in [3.63, 3.8) is 0 Å². The first-order chi connectivity index (χ1) is 9.16. The molecular weight excluding hydrogens is 274 g/mol. The lowest BCUT2D eigenvalue weighted by molar-refractivity contribution is 0.405. The lowest BCUT2D eigenvalue weighted by Crippen LogP contribution is -2.31. The van der Waals surface area contributed by atoms with E-state index in [0.29, 0.717) is 6.54 Å². The van der Waals surface area contributed by atoms with Crippen molar-refractivity contribution in [3.8, 4) is 0 Å². The Morgan fingerprint density at radius 1 is 1.20 bits per heavy atom. The van der Waals surface area contributed by atoms with Crippen molar-refractivity contribution in [1.29, 1.82) is 0 Å². The molecule has 0 aliphatic rings. The van der Waals surface area contributed by atoms with E-state index >= 15 is 0 Å². The molecule has 0 saturated carbocycles. The van der Waals surface area contributed by atoms with Crippen molar-refractivity contribution in [2.45, 2.75) is 38.6 Å². The summed E-state index contributed by atoms with van der Waals surface area (Å²) < 4.78 is 26.5. The van der Waals surface area contributed by atoms with E-state index in [4.69, 9.17) is 5.73 Å². The molecule has 20 heavy (non-hydrogen) atoms. The third kappa shape index (κ3) is 5.11. The summed E-state index contributed by atoms with van der Waals surface area (Å²) in [5, 5.41) is 3.26. The average molecular weight is 299 g/mol. The van der Waals surface area contributed by atoms with E-state index in [-0.39, 0.29) is 16.4 Å². The van der Waals surface area contributed by atoms with E-state index in [0.717, 1.165) is 12.2 Å². The number of hydrogen-bond donors (Lipinski definition) is 3. The molecule has 0 bridgehead atoms. The van der Waals surface area contributed by atoms with Crippen molar-refractivity contribution in [1.82, 2.24) is 4.72 Å². The predicted molar refractivity (Wildman–Crippen MR) is 83.2 cm³/mol. The number of hydrogen-bond acceptors (Lipinski definition) is 4. The first kappa shape index (κ1) is 16.9. The Morgan fingerprint density at radius 3 is 2.20 bits per heavy atom. The lowest BCUT2D eigenvalue weighted by atomic mass is 9.94. The van der Waals surface area contributed by atoms with Crippen LogP contribution >= 0.6 is 0 Å². The zero-order valence-corrected chi connectivity index (χ0v) is 13.4. The summed E-state index contributed by atoms with van der Waals surface area (Å²) in [6.45, 7) is 9.06. The Labute approximate surface area is 122 Å². The van der Waals surface area contributed by atoms with Crippen molar-refractivity contribution in [2.24, 2.45) is 11.1 Å². The van der Waals surface area contributed by atoms with Crippen LogP contribution in [0.2, 0.25) is 0 Å². The fraction of sp³-hybridized carbons (Fsp3) is 0.571. The molecule has 0 amide bonds.